The highest BCUT2D eigenvalue weighted by atomic mass is 32.2. The van der Waals surface area contributed by atoms with E-state index in [0.717, 1.165) is 11.4 Å². The molecular formula is C9H14N2O2S. The third-order valence-corrected chi connectivity index (χ3v) is 3.33. The highest BCUT2D eigenvalue weighted by Gasteiger charge is 2.20. The van der Waals surface area contributed by atoms with Gasteiger partial charge in [0.05, 0.1) is 16.6 Å². The molecule has 78 valence electrons. The molecule has 0 aliphatic heterocycles. The lowest BCUT2D eigenvalue weighted by atomic mass is 10.1. The van der Waals surface area contributed by atoms with Crippen molar-refractivity contribution >= 4 is 11.1 Å². The molecule has 14 heavy (non-hydrogen) atoms. The van der Waals surface area contributed by atoms with Crippen molar-refractivity contribution in [1.82, 2.24) is 9.97 Å². The Kier molecular flexibility index (Phi) is 3.71. The Labute approximate surface area is 86.1 Å². The zero-order chi connectivity index (χ0) is 10.7. The Bertz CT molecular complexity index is 326. The molecule has 0 saturated carbocycles. The zero-order valence-electron chi connectivity index (χ0n) is 8.47. The fourth-order valence-electron chi connectivity index (χ4n) is 1.05. The van der Waals surface area contributed by atoms with Crippen LogP contribution in [0, 0.1) is 6.92 Å². The lowest BCUT2D eigenvalue weighted by Crippen LogP contribution is -2.18. The van der Waals surface area contributed by atoms with Crippen LogP contribution < -0.4 is 0 Å². The van der Waals surface area contributed by atoms with Crippen LogP contribution in [0.1, 0.15) is 31.2 Å². The van der Waals surface area contributed by atoms with Gasteiger partial charge in [0.15, 0.2) is 11.1 Å². The van der Waals surface area contributed by atoms with E-state index in [1.165, 1.54) is 0 Å². The van der Waals surface area contributed by atoms with Gasteiger partial charge in [0.1, 0.15) is 0 Å². The molecule has 5 heteroatoms. The van der Waals surface area contributed by atoms with Crippen LogP contribution in [0.5, 0.6) is 0 Å². The van der Waals surface area contributed by atoms with E-state index >= 15 is 0 Å². The van der Waals surface area contributed by atoms with Crippen LogP contribution in [-0.4, -0.2) is 24.0 Å². The van der Waals surface area contributed by atoms with Crippen molar-refractivity contribution in [2.75, 3.05) is 0 Å². The Hall–Kier alpha value is -0.810. The van der Waals surface area contributed by atoms with Crippen LogP contribution in [0.2, 0.25) is 0 Å². The summed E-state index contributed by atoms with van der Waals surface area (Å²) in [5.41, 5.74) is 1.60. The summed E-state index contributed by atoms with van der Waals surface area (Å²) < 4.78 is 19.8. The minimum atomic E-state index is -1.81. The number of aryl methyl sites for hydroxylation is 1. The van der Waals surface area contributed by atoms with Gasteiger partial charge in [-0.25, -0.2) is 4.21 Å². The SMILES string of the molecule is Cc1cnc([C@H](C)[C@@H](C)S(=O)O)cn1. The quantitative estimate of drug-likeness (QED) is 0.774. The number of rotatable bonds is 3. The third-order valence-electron chi connectivity index (χ3n) is 2.29. The highest BCUT2D eigenvalue weighted by Crippen LogP contribution is 2.19. The second-order valence-corrected chi connectivity index (χ2v) is 4.65. The molecule has 1 aromatic heterocycles. The molecule has 4 nitrogen and oxygen atoms in total. The highest BCUT2D eigenvalue weighted by molar-refractivity contribution is 7.79. The molecule has 1 aromatic rings. The molecule has 0 spiro atoms. The van der Waals surface area contributed by atoms with Crippen LogP contribution in [0.15, 0.2) is 12.4 Å². The van der Waals surface area contributed by atoms with Crippen molar-refractivity contribution in [1.29, 1.82) is 0 Å². The lowest BCUT2D eigenvalue weighted by Gasteiger charge is -2.15. The van der Waals surface area contributed by atoms with E-state index < -0.39 is 11.1 Å². The molecule has 1 N–H and O–H groups in total. The Morgan fingerprint density at radius 3 is 2.43 bits per heavy atom. The second-order valence-electron chi connectivity index (χ2n) is 3.35. The molecule has 3 atom stereocenters. The van der Waals surface area contributed by atoms with Gasteiger partial charge in [0.25, 0.3) is 0 Å². The molecular weight excluding hydrogens is 200 g/mol. The van der Waals surface area contributed by atoms with Crippen molar-refractivity contribution in [3.63, 3.8) is 0 Å². The van der Waals surface area contributed by atoms with Crippen LogP contribution in [0.25, 0.3) is 0 Å². The number of hydrogen-bond donors (Lipinski definition) is 1. The fraction of sp³-hybridized carbons (Fsp3) is 0.556. The van der Waals surface area contributed by atoms with E-state index in [4.69, 9.17) is 4.55 Å². The van der Waals surface area contributed by atoms with E-state index in [-0.39, 0.29) is 11.2 Å². The van der Waals surface area contributed by atoms with Crippen molar-refractivity contribution in [2.24, 2.45) is 0 Å². The van der Waals surface area contributed by atoms with Crippen LogP contribution >= 0.6 is 0 Å². The predicted octanol–water partition coefficient (Wildman–Crippen LogP) is 1.50. The van der Waals surface area contributed by atoms with Crippen molar-refractivity contribution in [2.45, 2.75) is 31.9 Å². The molecule has 0 saturated heterocycles. The molecule has 0 aromatic carbocycles. The molecule has 1 heterocycles. The molecule has 0 bridgehead atoms. The van der Waals surface area contributed by atoms with Gasteiger partial charge in [-0.15, -0.1) is 0 Å². The van der Waals surface area contributed by atoms with Gasteiger partial charge in [-0.2, -0.15) is 0 Å². The van der Waals surface area contributed by atoms with E-state index in [1.807, 2.05) is 13.8 Å². The molecule has 0 amide bonds. The molecule has 1 rings (SSSR count). The monoisotopic (exact) mass is 214 g/mol. The predicted molar refractivity (Wildman–Crippen MR) is 55.4 cm³/mol. The summed E-state index contributed by atoms with van der Waals surface area (Å²) in [4.78, 5) is 8.27. The topological polar surface area (TPSA) is 63.1 Å². The Balaban J connectivity index is 2.84. The normalized spacial score (nSPS) is 17.4. The molecule has 1 unspecified atom stereocenters. The minimum Gasteiger partial charge on any atom is -0.306 e. The standard InChI is InChI=1S/C9H14N2O2S/c1-6-4-11-9(5-10-6)7(2)8(3)14(12)13/h4-5,7-8H,1-3H3,(H,12,13)/t7-,8-/m1/s1. The fourth-order valence-corrected chi connectivity index (χ4v) is 1.54. The summed E-state index contributed by atoms with van der Waals surface area (Å²) in [5, 5.41) is -0.327. The third kappa shape index (κ3) is 2.59. The first kappa shape index (κ1) is 11.3. The van der Waals surface area contributed by atoms with Crippen molar-refractivity contribution in [3.05, 3.63) is 23.8 Å². The van der Waals surface area contributed by atoms with Crippen molar-refractivity contribution < 1.29 is 8.76 Å². The smallest absolute Gasteiger partial charge is 0.156 e. The molecule has 0 aliphatic rings. The first-order valence-corrected chi connectivity index (χ1v) is 5.57. The van der Waals surface area contributed by atoms with Crippen LogP contribution in [-0.2, 0) is 11.1 Å². The number of nitrogens with zero attached hydrogens (tertiary/aromatic N) is 2. The second kappa shape index (κ2) is 4.61. The maximum Gasteiger partial charge on any atom is 0.156 e. The molecule has 0 aliphatic carbocycles. The summed E-state index contributed by atoms with van der Waals surface area (Å²) in [6.45, 7) is 5.45. The van der Waals surface area contributed by atoms with Gasteiger partial charge in [0.2, 0.25) is 0 Å². The van der Waals surface area contributed by atoms with Crippen molar-refractivity contribution in [3.8, 4) is 0 Å². The van der Waals surface area contributed by atoms with E-state index in [1.54, 1.807) is 19.3 Å². The summed E-state index contributed by atoms with van der Waals surface area (Å²) in [5.74, 6) is -0.0612. The van der Waals surface area contributed by atoms with Gasteiger partial charge in [-0.05, 0) is 13.8 Å². The van der Waals surface area contributed by atoms with Gasteiger partial charge in [0, 0.05) is 18.3 Å². The first-order valence-electron chi connectivity index (χ1n) is 4.40. The zero-order valence-corrected chi connectivity index (χ0v) is 9.28. The summed E-state index contributed by atoms with van der Waals surface area (Å²) in [6, 6.07) is 0. The average molecular weight is 214 g/mol. The summed E-state index contributed by atoms with van der Waals surface area (Å²) in [7, 11) is 0. The number of hydrogen-bond acceptors (Lipinski definition) is 3. The van der Waals surface area contributed by atoms with E-state index in [2.05, 4.69) is 9.97 Å². The lowest BCUT2D eigenvalue weighted by molar-refractivity contribution is 0.536. The maximum absolute atomic E-state index is 10.8. The van der Waals surface area contributed by atoms with Gasteiger partial charge in [-0.1, -0.05) is 6.92 Å². The Morgan fingerprint density at radius 1 is 1.36 bits per heavy atom. The molecule has 0 fully saturated rings. The Morgan fingerprint density at radius 2 is 2.00 bits per heavy atom. The van der Waals surface area contributed by atoms with E-state index in [9.17, 15) is 4.21 Å². The summed E-state index contributed by atoms with van der Waals surface area (Å²) in [6.07, 6.45) is 3.32. The average Bonchev–Trinajstić information content (AvgIpc) is 2.16. The van der Waals surface area contributed by atoms with Crippen LogP contribution in [0.4, 0.5) is 0 Å². The minimum absolute atomic E-state index is 0.0612. The van der Waals surface area contributed by atoms with E-state index in [0.29, 0.717) is 0 Å². The van der Waals surface area contributed by atoms with Gasteiger partial charge < -0.3 is 4.55 Å². The van der Waals surface area contributed by atoms with Crippen LogP contribution in [0.3, 0.4) is 0 Å². The largest absolute Gasteiger partial charge is 0.306 e. The number of aromatic nitrogens is 2. The van der Waals surface area contributed by atoms with Gasteiger partial charge in [-0.3, -0.25) is 9.97 Å². The molecule has 0 radical (unpaired) electrons. The summed E-state index contributed by atoms with van der Waals surface area (Å²) >= 11 is -1.81. The maximum atomic E-state index is 10.8. The first-order chi connectivity index (χ1) is 6.52. The van der Waals surface area contributed by atoms with Gasteiger partial charge >= 0.3 is 0 Å².